The number of halogens is 2. The highest BCUT2D eigenvalue weighted by atomic mass is 79.9. The van der Waals surface area contributed by atoms with Crippen LogP contribution in [0.5, 0.6) is 0 Å². The Labute approximate surface area is 114 Å². The van der Waals surface area contributed by atoms with Gasteiger partial charge in [0.1, 0.15) is 5.82 Å². The maximum Gasteiger partial charge on any atom is 0.232 e. The first kappa shape index (κ1) is 15.4. The van der Waals surface area contributed by atoms with Crippen molar-refractivity contribution >= 4 is 31.6 Å². The molecule has 0 heterocycles. The number of nitrogens with one attached hydrogen (secondary N) is 1. The lowest BCUT2D eigenvalue weighted by Gasteiger charge is -2.11. The lowest BCUT2D eigenvalue weighted by molar-refractivity contribution is 0.287. The summed E-state index contributed by atoms with van der Waals surface area (Å²) < 4.78 is 39.4. The number of aliphatic hydroxyl groups is 1. The van der Waals surface area contributed by atoms with Gasteiger partial charge in [-0.1, -0.05) is 0 Å². The van der Waals surface area contributed by atoms with Gasteiger partial charge in [0.2, 0.25) is 10.0 Å². The van der Waals surface area contributed by atoms with Gasteiger partial charge in [-0.2, -0.15) is 0 Å². The predicted octanol–water partition coefficient (Wildman–Crippen LogP) is 2.41. The van der Waals surface area contributed by atoms with Gasteiger partial charge in [0.15, 0.2) is 0 Å². The van der Waals surface area contributed by atoms with Crippen LogP contribution >= 0.6 is 15.9 Å². The van der Waals surface area contributed by atoms with E-state index in [2.05, 4.69) is 20.7 Å². The van der Waals surface area contributed by atoms with E-state index in [4.69, 9.17) is 5.11 Å². The van der Waals surface area contributed by atoms with Crippen LogP contribution in [0, 0.1) is 12.7 Å². The van der Waals surface area contributed by atoms with Crippen molar-refractivity contribution in [3.8, 4) is 0 Å². The molecule has 0 unspecified atom stereocenters. The number of rotatable bonds is 6. The molecule has 0 radical (unpaired) electrons. The first-order chi connectivity index (χ1) is 8.35. The van der Waals surface area contributed by atoms with Crippen molar-refractivity contribution in [3.05, 3.63) is 28.0 Å². The van der Waals surface area contributed by atoms with Crippen LogP contribution in [0.4, 0.5) is 10.1 Å². The van der Waals surface area contributed by atoms with Gasteiger partial charge in [-0.15, -0.1) is 0 Å². The molecule has 0 aromatic heterocycles. The Morgan fingerprint density at radius 3 is 2.67 bits per heavy atom. The van der Waals surface area contributed by atoms with Crippen LogP contribution in [0.2, 0.25) is 0 Å². The minimum atomic E-state index is -3.50. The second-order valence-electron chi connectivity index (χ2n) is 3.93. The Morgan fingerprint density at radius 1 is 1.39 bits per heavy atom. The summed E-state index contributed by atoms with van der Waals surface area (Å²) in [6.07, 6.45) is 0.790. The molecule has 0 atom stereocenters. The normalized spacial score (nSPS) is 11.6. The zero-order chi connectivity index (χ0) is 13.8. The van der Waals surface area contributed by atoms with Gasteiger partial charge in [-0.25, -0.2) is 12.8 Å². The highest BCUT2D eigenvalue weighted by molar-refractivity contribution is 9.10. The van der Waals surface area contributed by atoms with Gasteiger partial charge in [0.25, 0.3) is 0 Å². The number of unbranched alkanes of at least 4 members (excludes halogenated alkanes) is 1. The number of hydrogen-bond donors (Lipinski definition) is 2. The Morgan fingerprint density at radius 2 is 2.06 bits per heavy atom. The second kappa shape index (κ2) is 6.49. The monoisotopic (exact) mass is 339 g/mol. The number of anilines is 1. The van der Waals surface area contributed by atoms with Crippen LogP contribution in [0.1, 0.15) is 18.4 Å². The van der Waals surface area contributed by atoms with Crippen molar-refractivity contribution in [1.82, 2.24) is 0 Å². The van der Waals surface area contributed by atoms with E-state index in [1.165, 1.54) is 6.07 Å². The molecule has 1 aromatic carbocycles. The Balaban J connectivity index is 2.81. The molecule has 0 saturated heterocycles. The number of aliphatic hydroxyl groups excluding tert-OH is 1. The molecule has 18 heavy (non-hydrogen) atoms. The van der Waals surface area contributed by atoms with Crippen LogP contribution in [0.15, 0.2) is 16.6 Å². The van der Waals surface area contributed by atoms with E-state index < -0.39 is 15.8 Å². The average Bonchev–Trinajstić information content (AvgIpc) is 2.26. The summed E-state index contributed by atoms with van der Waals surface area (Å²) in [5.41, 5.74) is 0.869. The van der Waals surface area contributed by atoms with E-state index >= 15 is 0 Å². The third-order valence-electron chi connectivity index (χ3n) is 2.35. The van der Waals surface area contributed by atoms with Gasteiger partial charge in [0, 0.05) is 6.61 Å². The van der Waals surface area contributed by atoms with Crippen molar-refractivity contribution in [1.29, 1.82) is 0 Å². The first-order valence-electron chi connectivity index (χ1n) is 5.43. The smallest absolute Gasteiger partial charge is 0.232 e. The molecule has 0 amide bonds. The average molecular weight is 340 g/mol. The molecule has 0 aliphatic heterocycles. The summed E-state index contributed by atoms with van der Waals surface area (Å²) in [4.78, 5) is 0. The van der Waals surface area contributed by atoms with Crippen molar-refractivity contribution in [3.63, 3.8) is 0 Å². The standard InChI is InChI=1S/C11H15BrFNO3S/c1-8-6-9(12)10(13)7-11(8)14-18(16,17)5-3-2-4-15/h6-7,14-15H,2-5H2,1H3. The SMILES string of the molecule is Cc1cc(Br)c(F)cc1NS(=O)(=O)CCCCO. The fraction of sp³-hybridized carbons (Fsp3) is 0.455. The minimum Gasteiger partial charge on any atom is -0.396 e. The molecule has 7 heteroatoms. The molecule has 0 spiro atoms. The zero-order valence-electron chi connectivity index (χ0n) is 9.91. The van der Waals surface area contributed by atoms with Crippen LogP contribution < -0.4 is 4.72 Å². The number of benzene rings is 1. The number of hydrogen-bond acceptors (Lipinski definition) is 3. The van der Waals surface area contributed by atoms with Crippen molar-refractivity contribution in [2.45, 2.75) is 19.8 Å². The summed E-state index contributed by atoms with van der Waals surface area (Å²) in [5.74, 6) is -0.612. The largest absolute Gasteiger partial charge is 0.396 e. The molecular formula is C11H15BrFNO3S. The Bertz CT molecular complexity index is 519. The molecule has 0 aliphatic rings. The first-order valence-corrected chi connectivity index (χ1v) is 7.87. The van der Waals surface area contributed by atoms with Gasteiger partial charge in [-0.3, -0.25) is 4.72 Å². The van der Waals surface area contributed by atoms with Crippen molar-refractivity contribution < 1.29 is 17.9 Å². The van der Waals surface area contributed by atoms with Gasteiger partial charge < -0.3 is 5.11 Å². The minimum absolute atomic E-state index is 0.0402. The summed E-state index contributed by atoms with van der Waals surface area (Å²) in [6, 6.07) is 2.66. The van der Waals surface area contributed by atoms with E-state index in [9.17, 15) is 12.8 Å². The van der Waals surface area contributed by atoms with Gasteiger partial charge >= 0.3 is 0 Å². The second-order valence-corrected chi connectivity index (χ2v) is 6.63. The van der Waals surface area contributed by atoms with E-state index in [0.29, 0.717) is 22.9 Å². The molecule has 1 aromatic rings. The van der Waals surface area contributed by atoms with Crippen LogP contribution in [0.3, 0.4) is 0 Å². The Kier molecular flexibility index (Phi) is 5.55. The molecule has 4 nitrogen and oxygen atoms in total. The third kappa shape index (κ3) is 4.55. The molecular weight excluding hydrogens is 325 g/mol. The predicted molar refractivity (Wildman–Crippen MR) is 72.6 cm³/mol. The van der Waals surface area contributed by atoms with Crippen molar-refractivity contribution in [2.75, 3.05) is 17.1 Å². The maximum atomic E-state index is 13.3. The molecule has 0 saturated carbocycles. The fourth-order valence-corrected chi connectivity index (χ4v) is 3.08. The van der Waals surface area contributed by atoms with Crippen LogP contribution in [-0.2, 0) is 10.0 Å². The molecule has 0 aliphatic carbocycles. The van der Waals surface area contributed by atoms with Gasteiger partial charge in [-0.05, 0) is 53.4 Å². The van der Waals surface area contributed by atoms with Crippen LogP contribution in [-0.4, -0.2) is 25.9 Å². The summed E-state index contributed by atoms with van der Waals surface area (Å²) >= 11 is 3.03. The molecule has 102 valence electrons. The highest BCUT2D eigenvalue weighted by Crippen LogP contribution is 2.24. The lowest BCUT2D eigenvalue weighted by Crippen LogP contribution is -2.17. The molecule has 1 rings (SSSR count). The quantitative estimate of drug-likeness (QED) is 0.782. The summed E-state index contributed by atoms with van der Waals surface area (Å²) in [6.45, 7) is 1.65. The number of aryl methyl sites for hydroxylation is 1. The van der Waals surface area contributed by atoms with Crippen LogP contribution in [0.25, 0.3) is 0 Å². The lowest BCUT2D eigenvalue weighted by atomic mass is 10.2. The zero-order valence-corrected chi connectivity index (χ0v) is 12.3. The maximum absolute atomic E-state index is 13.3. The third-order valence-corrected chi connectivity index (χ3v) is 4.32. The fourth-order valence-electron chi connectivity index (χ4n) is 1.38. The summed E-state index contributed by atoms with van der Waals surface area (Å²) in [5, 5.41) is 8.59. The highest BCUT2D eigenvalue weighted by Gasteiger charge is 2.13. The molecule has 2 N–H and O–H groups in total. The van der Waals surface area contributed by atoms with E-state index in [0.717, 1.165) is 6.07 Å². The summed E-state index contributed by atoms with van der Waals surface area (Å²) in [7, 11) is -3.50. The van der Waals surface area contributed by atoms with Gasteiger partial charge in [0.05, 0.1) is 15.9 Å². The van der Waals surface area contributed by atoms with Crippen molar-refractivity contribution in [2.24, 2.45) is 0 Å². The van der Waals surface area contributed by atoms with E-state index in [1.54, 1.807) is 6.92 Å². The molecule has 0 fully saturated rings. The number of sulfonamides is 1. The Hall–Kier alpha value is -0.660. The topological polar surface area (TPSA) is 66.4 Å². The van der Waals surface area contributed by atoms with E-state index in [-0.39, 0.29) is 18.0 Å². The van der Waals surface area contributed by atoms with E-state index in [1.807, 2.05) is 0 Å². The molecule has 0 bridgehead atoms.